The fraction of sp³-hybridized carbons (Fsp3) is 0.286. The van der Waals surface area contributed by atoms with Gasteiger partial charge in [-0.05, 0) is 22.9 Å². The van der Waals surface area contributed by atoms with Crippen molar-refractivity contribution >= 4 is 15.9 Å². The van der Waals surface area contributed by atoms with Crippen LogP contribution in [0.4, 0.5) is 0 Å². The molecule has 0 amide bonds. The maximum Gasteiger partial charge on any atom is 0.123 e. The zero-order chi connectivity index (χ0) is 7.56. The van der Waals surface area contributed by atoms with Crippen LogP contribution in [0.5, 0.6) is 5.75 Å². The molecule has 0 radical (unpaired) electrons. The number of methoxy groups -OCH3 is 1. The summed E-state index contributed by atoms with van der Waals surface area (Å²) in [4.78, 5) is 4.12. The summed E-state index contributed by atoms with van der Waals surface area (Å²) in [5.74, 6) is 0.833. The first-order valence-electron chi connectivity index (χ1n) is 2.90. The van der Waals surface area contributed by atoms with Crippen LogP contribution in [0, 0.1) is 6.92 Å². The summed E-state index contributed by atoms with van der Waals surface area (Å²) >= 11 is 3.26. The van der Waals surface area contributed by atoms with Gasteiger partial charge >= 0.3 is 0 Å². The molecule has 0 aromatic carbocycles. The molecular weight excluding hydrogens is 194 g/mol. The lowest BCUT2D eigenvalue weighted by atomic mass is 10.4. The molecule has 0 unspecified atom stereocenters. The van der Waals surface area contributed by atoms with E-state index in [-0.39, 0.29) is 0 Å². The van der Waals surface area contributed by atoms with E-state index in [1.807, 2.05) is 19.1 Å². The predicted octanol–water partition coefficient (Wildman–Crippen LogP) is 2.16. The fourth-order valence-electron chi connectivity index (χ4n) is 0.716. The molecule has 2 nitrogen and oxygen atoms in total. The first-order chi connectivity index (χ1) is 4.72. The second kappa shape index (κ2) is 3.01. The molecule has 3 heteroatoms. The van der Waals surface area contributed by atoms with Gasteiger partial charge in [-0.3, -0.25) is 0 Å². The van der Waals surface area contributed by atoms with Crippen molar-refractivity contribution in [3.63, 3.8) is 0 Å². The molecule has 0 saturated heterocycles. The first-order valence-corrected chi connectivity index (χ1v) is 3.70. The molecule has 1 aromatic rings. The molecule has 0 aliphatic carbocycles. The van der Waals surface area contributed by atoms with Crippen molar-refractivity contribution in [2.24, 2.45) is 0 Å². The SMILES string of the molecule is COc1cc(C)nc(Br)c1. The minimum absolute atomic E-state index is 0.810. The smallest absolute Gasteiger partial charge is 0.123 e. The Bertz CT molecular complexity index is 217. The van der Waals surface area contributed by atoms with Crippen molar-refractivity contribution in [3.05, 3.63) is 22.4 Å². The van der Waals surface area contributed by atoms with Crippen LogP contribution in [-0.4, -0.2) is 12.1 Å². The Morgan fingerprint density at radius 3 is 2.70 bits per heavy atom. The van der Waals surface area contributed by atoms with E-state index in [2.05, 4.69) is 20.9 Å². The summed E-state index contributed by atoms with van der Waals surface area (Å²) in [5, 5.41) is 0. The zero-order valence-corrected chi connectivity index (χ0v) is 7.47. The molecule has 1 heterocycles. The van der Waals surface area contributed by atoms with E-state index in [1.54, 1.807) is 7.11 Å². The van der Waals surface area contributed by atoms with Crippen LogP contribution in [-0.2, 0) is 0 Å². The normalized spacial score (nSPS) is 9.50. The monoisotopic (exact) mass is 201 g/mol. The van der Waals surface area contributed by atoms with Crippen molar-refractivity contribution < 1.29 is 4.74 Å². The number of aromatic nitrogens is 1. The summed E-state index contributed by atoms with van der Waals surface area (Å²) in [7, 11) is 1.64. The minimum atomic E-state index is 0.810. The van der Waals surface area contributed by atoms with Crippen LogP contribution in [0.25, 0.3) is 0 Å². The molecule has 1 rings (SSSR count). The molecule has 0 fully saturated rings. The molecule has 54 valence electrons. The molecule has 0 aliphatic heterocycles. The number of ether oxygens (including phenoxy) is 1. The lowest BCUT2D eigenvalue weighted by molar-refractivity contribution is 0.413. The Morgan fingerprint density at radius 2 is 2.20 bits per heavy atom. The maximum absolute atomic E-state index is 5.01. The second-order valence-corrected chi connectivity index (χ2v) is 2.78. The van der Waals surface area contributed by atoms with E-state index in [9.17, 15) is 0 Å². The Balaban J connectivity index is 3.06. The maximum atomic E-state index is 5.01. The van der Waals surface area contributed by atoms with Crippen LogP contribution in [0.2, 0.25) is 0 Å². The lowest BCUT2D eigenvalue weighted by Gasteiger charge is -2.00. The Labute approximate surface area is 68.4 Å². The van der Waals surface area contributed by atoms with Crippen LogP contribution < -0.4 is 4.74 Å². The van der Waals surface area contributed by atoms with Gasteiger partial charge in [0.1, 0.15) is 10.4 Å². The largest absolute Gasteiger partial charge is 0.497 e. The number of rotatable bonds is 1. The quantitative estimate of drug-likeness (QED) is 0.651. The van der Waals surface area contributed by atoms with Crippen molar-refractivity contribution in [2.75, 3.05) is 7.11 Å². The average molecular weight is 202 g/mol. The van der Waals surface area contributed by atoms with Gasteiger partial charge in [-0.25, -0.2) is 4.98 Å². The summed E-state index contributed by atoms with van der Waals surface area (Å²) in [6.45, 7) is 1.92. The molecule has 0 aliphatic rings. The summed E-state index contributed by atoms with van der Waals surface area (Å²) in [6.07, 6.45) is 0. The Morgan fingerprint density at radius 1 is 1.50 bits per heavy atom. The first kappa shape index (κ1) is 7.54. The zero-order valence-electron chi connectivity index (χ0n) is 5.89. The second-order valence-electron chi connectivity index (χ2n) is 1.97. The van der Waals surface area contributed by atoms with E-state index in [1.165, 1.54) is 0 Å². The summed E-state index contributed by atoms with van der Waals surface area (Å²) in [6, 6.07) is 3.71. The highest BCUT2D eigenvalue weighted by Gasteiger charge is 1.94. The third-order valence-electron chi connectivity index (χ3n) is 1.13. The van der Waals surface area contributed by atoms with Crippen LogP contribution in [0.15, 0.2) is 16.7 Å². The van der Waals surface area contributed by atoms with Crippen LogP contribution >= 0.6 is 15.9 Å². The third kappa shape index (κ3) is 1.70. The van der Waals surface area contributed by atoms with Gasteiger partial charge in [0.2, 0.25) is 0 Å². The standard InChI is InChI=1S/C7H8BrNO/c1-5-3-6(10-2)4-7(8)9-5/h3-4H,1-2H3. The predicted molar refractivity (Wildman–Crippen MR) is 43.2 cm³/mol. The molecule has 0 spiro atoms. The topological polar surface area (TPSA) is 22.1 Å². The van der Waals surface area contributed by atoms with Gasteiger partial charge in [-0.2, -0.15) is 0 Å². The molecule has 0 N–H and O–H groups in total. The molecule has 0 bridgehead atoms. The van der Waals surface area contributed by atoms with Gasteiger partial charge in [-0.1, -0.05) is 0 Å². The van der Waals surface area contributed by atoms with Crippen molar-refractivity contribution in [2.45, 2.75) is 6.92 Å². The number of pyridine rings is 1. The van der Waals surface area contributed by atoms with Gasteiger partial charge in [0.05, 0.1) is 7.11 Å². The van der Waals surface area contributed by atoms with Crippen molar-refractivity contribution in [1.29, 1.82) is 0 Å². The fourth-order valence-corrected chi connectivity index (χ4v) is 1.22. The molecule has 1 aromatic heterocycles. The van der Waals surface area contributed by atoms with Crippen molar-refractivity contribution in [3.8, 4) is 5.75 Å². The Kier molecular flexibility index (Phi) is 2.27. The van der Waals surface area contributed by atoms with Gasteiger partial charge in [0.25, 0.3) is 0 Å². The van der Waals surface area contributed by atoms with Crippen molar-refractivity contribution in [1.82, 2.24) is 4.98 Å². The van der Waals surface area contributed by atoms with Gasteiger partial charge in [0, 0.05) is 17.8 Å². The van der Waals surface area contributed by atoms with Crippen LogP contribution in [0.1, 0.15) is 5.69 Å². The van der Waals surface area contributed by atoms with E-state index >= 15 is 0 Å². The minimum Gasteiger partial charge on any atom is -0.497 e. The van der Waals surface area contributed by atoms with Crippen LogP contribution in [0.3, 0.4) is 0 Å². The van der Waals surface area contributed by atoms with E-state index < -0.39 is 0 Å². The van der Waals surface area contributed by atoms with E-state index in [0.717, 1.165) is 16.0 Å². The third-order valence-corrected chi connectivity index (χ3v) is 1.54. The number of halogens is 1. The summed E-state index contributed by atoms with van der Waals surface area (Å²) in [5.41, 5.74) is 0.950. The van der Waals surface area contributed by atoms with Gasteiger partial charge in [-0.15, -0.1) is 0 Å². The number of aryl methyl sites for hydroxylation is 1. The molecule has 0 atom stereocenters. The summed E-state index contributed by atoms with van der Waals surface area (Å²) < 4.78 is 5.82. The van der Waals surface area contributed by atoms with Gasteiger partial charge in [0.15, 0.2) is 0 Å². The number of hydrogen-bond donors (Lipinski definition) is 0. The highest BCUT2D eigenvalue weighted by Crippen LogP contribution is 2.16. The number of nitrogens with zero attached hydrogens (tertiary/aromatic N) is 1. The van der Waals surface area contributed by atoms with E-state index in [4.69, 9.17) is 4.74 Å². The highest BCUT2D eigenvalue weighted by atomic mass is 79.9. The molecular formula is C7H8BrNO. The lowest BCUT2D eigenvalue weighted by Crippen LogP contribution is -1.86. The van der Waals surface area contributed by atoms with E-state index in [0.29, 0.717) is 0 Å². The average Bonchev–Trinajstić information content (AvgIpc) is 1.85. The van der Waals surface area contributed by atoms with Gasteiger partial charge < -0.3 is 4.74 Å². The number of hydrogen-bond acceptors (Lipinski definition) is 2. The Hall–Kier alpha value is -0.570. The molecule has 0 saturated carbocycles. The molecule has 10 heavy (non-hydrogen) atoms. The highest BCUT2D eigenvalue weighted by molar-refractivity contribution is 9.10.